The molecule has 0 heterocycles. The van der Waals surface area contributed by atoms with Crippen LogP contribution in [0.1, 0.15) is 12.0 Å². The first-order chi connectivity index (χ1) is 11.2. The van der Waals surface area contributed by atoms with Gasteiger partial charge >= 0.3 is 0 Å². The van der Waals surface area contributed by atoms with E-state index >= 15 is 0 Å². The molecule has 0 saturated carbocycles. The molecule has 1 aromatic rings. The van der Waals surface area contributed by atoms with Crippen molar-refractivity contribution in [2.75, 3.05) is 33.9 Å². The lowest BCUT2D eigenvalue weighted by Crippen LogP contribution is -2.27. The van der Waals surface area contributed by atoms with Gasteiger partial charge in [0, 0.05) is 33.0 Å². The number of nitrogens with zero attached hydrogens (tertiary/aromatic N) is 1. The van der Waals surface area contributed by atoms with Crippen LogP contribution in [0.25, 0.3) is 0 Å². The molecule has 0 radical (unpaired) electrons. The highest BCUT2D eigenvalue weighted by Crippen LogP contribution is 2.17. The third-order valence-corrected chi connectivity index (χ3v) is 3.15. The van der Waals surface area contributed by atoms with E-state index in [0.29, 0.717) is 26.1 Å². The topological polar surface area (TPSA) is 83.4 Å². The van der Waals surface area contributed by atoms with E-state index in [9.17, 15) is 4.79 Å². The lowest BCUT2D eigenvalue weighted by molar-refractivity contribution is -0.117. The Morgan fingerprint density at radius 2 is 2.09 bits per heavy atom. The molecule has 1 rings (SSSR count). The van der Waals surface area contributed by atoms with Crippen LogP contribution in [0.2, 0.25) is 0 Å². The van der Waals surface area contributed by atoms with Gasteiger partial charge in [0.25, 0.3) is 5.91 Å². The number of amides is 1. The SMILES string of the molecule is COCCCNC(=O)/C(C#N)=C\NCCc1ccccc1OC. The zero-order chi connectivity index (χ0) is 16.9. The predicted molar refractivity (Wildman–Crippen MR) is 87.9 cm³/mol. The van der Waals surface area contributed by atoms with E-state index in [1.54, 1.807) is 14.2 Å². The summed E-state index contributed by atoms with van der Waals surface area (Å²) in [5.41, 5.74) is 1.13. The second-order valence-corrected chi connectivity index (χ2v) is 4.79. The van der Waals surface area contributed by atoms with Crippen molar-refractivity contribution >= 4 is 5.91 Å². The monoisotopic (exact) mass is 317 g/mol. The van der Waals surface area contributed by atoms with Crippen molar-refractivity contribution < 1.29 is 14.3 Å². The van der Waals surface area contributed by atoms with Crippen LogP contribution in [-0.2, 0) is 16.0 Å². The summed E-state index contributed by atoms with van der Waals surface area (Å²) in [5, 5.41) is 14.7. The molecular weight excluding hydrogens is 294 g/mol. The van der Waals surface area contributed by atoms with Gasteiger partial charge in [0.05, 0.1) is 7.11 Å². The van der Waals surface area contributed by atoms with Gasteiger partial charge in [-0.05, 0) is 24.5 Å². The molecule has 0 saturated heterocycles. The van der Waals surface area contributed by atoms with Crippen molar-refractivity contribution in [3.05, 3.63) is 41.6 Å². The third kappa shape index (κ3) is 6.85. The van der Waals surface area contributed by atoms with Crippen molar-refractivity contribution in [3.8, 4) is 11.8 Å². The molecule has 0 unspecified atom stereocenters. The summed E-state index contributed by atoms with van der Waals surface area (Å²) in [6, 6.07) is 9.64. The molecule has 2 N–H and O–H groups in total. The number of ether oxygens (including phenoxy) is 2. The van der Waals surface area contributed by atoms with E-state index in [0.717, 1.165) is 17.7 Å². The Labute approximate surface area is 137 Å². The van der Waals surface area contributed by atoms with Crippen LogP contribution >= 0.6 is 0 Å². The molecule has 6 nitrogen and oxygen atoms in total. The fraction of sp³-hybridized carbons (Fsp3) is 0.412. The van der Waals surface area contributed by atoms with E-state index in [1.165, 1.54) is 6.20 Å². The maximum atomic E-state index is 11.8. The van der Waals surface area contributed by atoms with E-state index in [-0.39, 0.29) is 11.5 Å². The van der Waals surface area contributed by atoms with E-state index in [4.69, 9.17) is 14.7 Å². The number of nitrogens with one attached hydrogen (secondary N) is 2. The molecule has 0 spiro atoms. The van der Waals surface area contributed by atoms with Crippen molar-refractivity contribution in [3.63, 3.8) is 0 Å². The number of rotatable bonds is 10. The second kappa shape index (κ2) is 11.1. The van der Waals surface area contributed by atoms with Crippen molar-refractivity contribution in [2.24, 2.45) is 0 Å². The molecule has 0 aliphatic heterocycles. The molecule has 0 aliphatic carbocycles. The van der Waals surface area contributed by atoms with Crippen LogP contribution in [0, 0.1) is 11.3 Å². The van der Waals surface area contributed by atoms with Gasteiger partial charge in [0.2, 0.25) is 0 Å². The average Bonchev–Trinajstić information content (AvgIpc) is 2.59. The Morgan fingerprint density at radius 1 is 1.30 bits per heavy atom. The molecule has 0 aliphatic rings. The van der Waals surface area contributed by atoms with Gasteiger partial charge < -0.3 is 20.1 Å². The molecule has 6 heteroatoms. The Morgan fingerprint density at radius 3 is 2.78 bits per heavy atom. The molecule has 0 bridgehead atoms. The minimum atomic E-state index is -0.381. The van der Waals surface area contributed by atoms with Gasteiger partial charge in [-0.15, -0.1) is 0 Å². The molecule has 1 amide bonds. The Hall–Kier alpha value is -2.52. The first-order valence-corrected chi connectivity index (χ1v) is 7.45. The number of carbonyl (C=O) groups excluding carboxylic acids is 1. The van der Waals surface area contributed by atoms with Crippen molar-refractivity contribution in [2.45, 2.75) is 12.8 Å². The number of hydrogen-bond acceptors (Lipinski definition) is 5. The molecule has 0 fully saturated rings. The lowest BCUT2D eigenvalue weighted by Gasteiger charge is -2.08. The molecule has 1 aromatic carbocycles. The minimum Gasteiger partial charge on any atom is -0.496 e. The summed E-state index contributed by atoms with van der Waals surface area (Å²) >= 11 is 0. The average molecular weight is 317 g/mol. The zero-order valence-electron chi connectivity index (χ0n) is 13.6. The standard InChI is InChI=1S/C17H23N3O3/c1-22-11-5-9-20-17(21)15(12-18)13-19-10-8-14-6-3-4-7-16(14)23-2/h3-4,6-7,13,19H,5,8-11H2,1-2H3,(H,20,21)/b15-13-. The van der Waals surface area contributed by atoms with Gasteiger partial charge in [-0.2, -0.15) is 5.26 Å². The highest BCUT2D eigenvalue weighted by Gasteiger charge is 2.07. The van der Waals surface area contributed by atoms with E-state index < -0.39 is 0 Å². The van der Waals surface area contributed by atoms with Crippen molar-refractivity contribution in [1.29, 1.82) is 5.26 Å². The van der Waals surface area contributed by atoms with Gasteiger partial charge in [0.1, 0.15) is 17.4 Å². The van der Waals surface area contributed by atoms with Crippen LogP contribution in [0.5, 0.6) is 5.75 Å². The summed E-state index contributed by atoms with van der Waals surface area (Å²) in [6.07, 6.45) is 2.89. The fourth-order valence-corrected chi connectivity index (χ4v) is 1.95. The van der Waals surface area contributed by atoms with Gasteiger partial charge in [-0.3, -0.25) is 4.79 Å². The van der Waals surface area contributed by atoms with Crippen LogP contribution in [0.15, 0.2) is 36.0 Å². The summed E-state index contributed by atoms with van der Waals surface area (Å²) in [5.74, 6) is 0.447. The Kier molecular flexibility index (Phi) is 8.94. The fourth-order valence-electron chi connectivity index (χ4n) is 1.95. The summed E-state index contributed by atoms with van der Waals surface area (Å²) < 4.78 is 10.2. The molecule has 124 valence electrons. The van der Waals surface area contributed by atoms with Gasteiger partial charge in [0.15, 0.2) is 0 Å². The van der Waals surface area contributed by atoms with Gasteiger partial charge in [-0.25, -0.2) is 0 Å². The predicted octanol–water partition coefficient (Wildman–Crippen LogP) is 1.39. The Bertz CT molecular complexity index is 564. The quantitative estimate of drug-likeness (QED) is 0.387. The van der Waals surface area contributed by atoms with Crippen LogP contribution in [-0.4, -0.2) is 39.8 Å². The first-order valence-electron chi connectivity index (χ1n) is 7.45. The first kappa shape index (κ1) is 18.5. The summed E-state index contributed by atoms with van der Waals surface area (Å²) in [6.45, 7) is 1.65. The second-order valence-electron chi connectivity index (χ2n) is 4.79. The largest absolute Gasteiger partial charge is 0.496 e. The van der Waals surface area contributed by atoms with E-state index in [2.05, 4.69) is 10.6 Å². The van der Waals surface area contributed by atoms with Crippen molar-refractivity contribution in [1.82, 2.24) is 10.6 Å². The smallest absolute Gasteiger partial charge is 0.263 e. The maximum Gasteiger partial charge on any atom is 0.263 e. The summed E-state index contributed by atoms with van der Waals surface area (Å²) in [7, 11) is 3.24. The normalized spacial score (nSPS) is 10.7. The Balaban J connectivity index is 2.41. The minimum absolute atomic E-state index is 0.0578. The number of methoxy groups -OCH3 is 2. The highest BCUT2D eigenvalue weighted by atomic mass is 16.5. The number of carbonyl (C=O) groups is 1. The van der Waals surface area contributed by atoms with Gasteiger partial charge in [-0.1, -0.05) is 18.2 Å². The molecular formula is C17H23N3O3. The lowest BCUT2D eigenvalue weighted by atomic mass is 10.1. The highest BCUT2D eigenvalue weighted by molar-refractivity contribution is 5.97. The number of nitriles is 1. The third-order valence-electron chi connectivity index (χ3n) is 3.15. The van der Waals surface area contributed by atoms with E-state index in [1.807, 2.05) is 30.3 Å². The number of para-hydroxylation sites is 1. The number of hydrogen-bond donors (Lipinski definition) is 2. The van der Waals surface area contributed by atoms with Crippen LogP contribution < -0.4 is 15.4 Å². The maximum absolute atomic E-state index is 11.8. The summed E-state index contributed by atoms with van der Waals surface area (Å²) in [4.78, 5) is 11.8. The van der Waals surface area contributed by atoms with Crippen LogP contribution in [0.3, 0.4) is 0 Å². The van der Waals surface area contributed by atoms with Crippen LogP contribution in [0.4, 0.5) is 0 Å². The molecule has 0 atom stereocenters. The zero-order valence-corrected chi connectivity index (χ0v) is 13.6. The molecule has 0 aromatic heterocycles. The number of benzene rings is 1. The molecule has 23 heavy (non-hydrogen) atoms.